The summed E-state index contributed by atoms with van der Waals surface area (Å²) in [6.07, 6.45) is 4.81. The van der Waals surface area contributed by atoms with Gasteiger partial charge in [0.1, 0.15) is 0 Å². The second-order valence-corrected chi connectivity index (χ2v) is 11.2. The first kappa shape index (κ1) is 24.2. The summed E-state index contributed by atoms with van der Waals surface area (Å²) >= 11 is 0. The maximum Gasteiger partial charge on any atom is 0.243 e. The predicted octanol–water partition coefficient (Wildman–Crippen LogP) is 3.61. The molecule has 0 spiro atoms. The number of carbonyl (C=O) groups is 1. The third-order valence-electron chi connectivity index (χ3n) is 6.88. The van der Waals surface area contributed by atoms with Gasteiger partial charge in [-0.1, -0.05) is 12.1 Å². The smallest absolute Gasteiger partial charge is 0.243 e. The lowest BCUT2D eigenvalue weighted by Gasteiger charge is -2.32. The van der Waals surface area contributed by atoms with E-state index < -0.39 is 10.0 Å². The summed E-state index contributed by atoms with van der Waals surface area (Å²) in [7, 11) is -1.80. The van der Waals surface area contributed by atoms with E-state index in [4.69, 9.17) is 5.26 Å². The van der Waals surface area contributed by atoms with Crippen molar-refractivity contribution in [1.29, 1.82) is 5.26 Å². The first-order valence-electron chi connectivity index (χ1n) is 12.0. The molecular weight excluding hydrogens is 448 g/mol. The van der Waals surface area contributed by atoms with Gasteiger partial charge in [0, 0.05) is 51.4 Å². The van der Waals surface area contributed by atoms with Gasteiger partial charge in [-0.05, 0) is 74.1 Å². The summed E-state index contributed by atoms with van der Waals surface area (Å²) in [5.74, 6) is -0.111. The number of nitriles is 1. The zero-order valence-corrected chi connectivity index (χ0v) is 20.5. The molecule has 2 aliphatic heterocycles. The second kappa shape index (κ2) is 10.6. The van der Waals surface area contributed by atoms with Crippen LogP contribution in [0.5, 0.6) is 0 Å². The summed E-state index contributed by atoms with van der Waals surface area (Å²) < 4.78 is 27.3. The summed E-state index contributed by atoms with van der Waals surface area (Å²) in [6.45, 7) is 3.39. The molecule has 0 N–H and O–H groups in total. The average molecular weight is 481 g/mol. The Morgan fingerprint density at radius 3 is 2.18 bits per heavy atom. The molecule has 8 heteroatoms. The van der Waals surface area contributed by atoms with E-state index in [9.17, 15) is 13.2 Å². The standard InChI is InChI=1S/C26H32N4O3S/c1-28(20-22-5-9-24(10-6-22)29-15-3-2-4-16-29)26(31)23-13-17-30(18-14-23)34(32,33)25-11-7-21(19-27)8-12-25/h5-12,23H,2-4,13-18,20H2,1H3. The van der Waals surface area contributed by atoms with Crippen LogP contribution in [-0.4, -0.2) is 56.8 Å². The minimum atomic E-state index is -3.62. The molecule has 0 aromatic heterocycles. The fraction of sp³-hybridized carbons (Fsp3) is 0.462. The molecule has 2 aromatic rings. The predicted molar refractivity (Wildman–Crippen MR) is 132 cm³/mol. The van der Waals surface area contributed by atoms with E-state index in [0.717, 1.165) is 18.7 Å². The topological polar surface area (TPSA) is 84.7 Å². The average Bonchev–Trinajstić information content (AvgIpc) is 2.89. The Kier molecular flexibility index (Phi) is 7.54. The van der Waals surface area contributed by atoms with Gasteiger partial charge in [0.05, 0.1) is 16.5 Å². The zero-order chi connectivity index (χ0) is 24.1. The third-order valence-corrected chi connectivity index (χ3v) is 8.79. The molecule has 0 radical (unpaired) electrons. The Bertz CT molecular complexity index is 1130. The quantitative estimate of drug-likeness (QED) is 0.631. The largest absolute Gasteiger partial charge is 0.372 e. The van der Waals surface area contributed by atoms with Crippen molar-refractivity contribution in [3.63, 3.8) is 0 Å². The van der Waals surface area contributed by atoms with E-state index >= 15 is 0 Å². The molecule has 1 amide bonds. The SMILES string of the molecule is CN(Cc1ccc(N2CCCCC2)cc1)C(=O)C1CCN(S(=O)(=O)c2ccc(C#N)cc2)CC1. The van der Waals surface area contributed by atoms with Gasteiger partial charge in [-0.2, -0.15) is 9.57 Å². The van der Waals surface area contributed by atoms with Crippen LogP contribution in [0.4, 0.5) is 5.69 Å². The molecule has 180 valence electrons. The van der Waals surface area contributed by atoms with E-state index in [1.54, 1.807) is 4.90 Å². The molecule has 0 aliphatic carbocycles. The van der Waals surface area contributed by atoms with Crippen LogP contribution in [0.25, 0.3) is 0 Å². The Morgan fingerprint density at radius 2 is 1.59 bits per heavy atom. The summed E-state index contributed by atoms with van der Waals surface area (Å²) in [5, 5.41) is 8.92. The zero-order valence-electron chi connectivity index (χ0n) is 19.7. The van der Waals surface area contributed by atoms with Gasteiger partial charge in [-0.25, -0.2) is 8.42 Å². The molecule has 2 aliphatic rings. The number of nitrogens with zero attached hydrogens (tertiary/aromatic N) is 4. The lowest BCUT2D eigenvalue weighted by Crippen LogP contribution is -2.43. The van der Waals surface area contributed by atoms with Gasteiger partial charge in [-0.3, -0.25) is 4.79 Å². The van der Waals surface area contributed by atoms with Crippen LogP contribution in [0.3, 0.4) is 0 Å². The Balaban J connectivity index is 1.30. The first-order chi connectivity index (χ1) is 16.4. The van der Waals surface area contributed by atoms with Crippen molar-refractivity contribution in [1.82, 2.24) is 9.21 Å². The molecule has 0 saturated carbocycles. The fourth-order valence-electron chi connectivity index (χ4n) is 4.82. The normalized spacial score (nSPS) is 17.8. The lowest BCUT2D eigenvalue weighted by molar-refractivity contribution is -0.135. The van der Waals surface area contributed by atoms with Crippen LogP contribution < -0.4 is 4.90 Å². The summed E-state index contributed by atoms with van der Waals surface area (Å²) in [6, 6.07) is 16.4. The molecule has 2 heterocycles. The fourth-order valence-corrected chi connectivity index (χ4v) is 6.29. The van der Waals surface area contributed by atoms with Crippen molar-refractivity contribution in [2.45, 2.75) is 43.5 Å². The molecule has 0 unspecified atom stereocenters. The number of hydrogen-bond donors (Lipinski definition) is 0. The van der Waals surface area contributed by atoms with Crippen LogP contribution in [-0.2, 0) is 21.4 Å². The molecule has 0 bridgehead atoms. The maximum absolute atomic E-state index is 13.0. The molecule has 34 heavy (non-hydrogen) atoms. The monoisotopic (exact) mass is 480 g/mol. The van der Waals surface area contributed by atoms with E-state index in [1.165, 1.54) is 53.5 Å². The van der Waals surface area contributed by atoms with Crippen molar-refractivity contribution in [2.24, 2.45) is 5.92 Å². The minimum Gasteiger partial charge on any atom is -0.372 e. The van der Waals surface area contributed by atoms with Gasteiger partial charge >= 0.3 is 0 Å². The lowest BCUT2D eigenvalue weighted by atomic mass is 9.96. The Morgan fingerprint density at radius 1 is 0.971 bits per heavy atom. The summed E-state index contributed by atoms with van der Waals surface area (Å²) in [5.41, 5.74) is 2.76. The van der Waals surface area contributed by atoms with Crippen molar-refractivity contribution in [3.8, 4) is 6.07 Å². The van der Waals surface area contributed by atoms with Crippen LogP contribution in [0, 0.1) is 17.2 Å². The first-order valence-corrected chi connectivity index (χ1v) is 13.4. The third kappa shape index (κ3) is 5.43. The van der Waals surface area contributed by atoms with Gasteiger partial charge < -0.3 is 9.80 Å². The van der Waals surface area contributed by atoms with Crippen LogP contribution in [0.1, 0.15) is 43.2 Å². The molecule has 2 saturated heterocycles. The number of amides is 1. The van der Waals surface area contributed by atoms with Crippen molar-refractivity contribution in [2.75, 3.05) is 38.1 Å². The highest BCUT2D eigenvalue weighted by Crippen LogP contribution is 2.26. The number of rotatable bonds is 6. The molecule has 4 rings (SSSR count). The number of benzene rings is 2. The van der Waals surface area contributed by atoms with Gasteiger partial charge in [0.2, 0.25) is 15.9 Å². The molecule has 2 aromatic carbocycles. The maximum atomic E-state index is 13.0. The highest BCUT2D eigenvalue weighted by atomic mass is 32.2. The number of carbonyl (C=O) groups excluding carboxylic acids is 1. The highest BCUT2D eigenvalue weighted by molar-refractivity contribution is 7.89. The van der Waals surface area contributed by atoms with Crippen molar-refractivity contribution < 1.29 is 13.2 Å². The van der Waals surface area contributed by atoms with Crippen LogP contribution >= 0.6 is 0 Å². The van der Waals surface area contributed by atoms with Crippen molar-refractivity contribution >= 4 is 21.6 Å². The molecular formula is C26H32N4O3S. The highest BCUT2D eigenvalue weighted by Gasteiger charge is 2.33. The minimum absolute atomic E-state index is 0.0653. The van der Waals surface area contributed by atoms with E-state index in [1.807, 2.05) is 13.1 Å². The number of sulfonamides is 1. The van der Waals surface area contributed by atoms with Crippen molar-refractivity contribution in [3.05, 3.63) is 59.7 Å². The Labute approximate surface area is 202 Å². The van der Waals surface area contributed by atoms with E-state index in [2.05, 4.69) is 29.2 Å². The van der Waals surface area contributed by atoms with Gasteiger partial charge in [0.15, 0.2) is 0 Å². The van der Waals surface area contributed by atoms with E-state index in [0.29, 0.717) is 38.0 Å². The second-order valence-electron chi connectivity index (χ2n) is 9.22. The van der Waals surface area contributed by atoms with Crippen LogP contribution in [0.15, 0.2) is 53.4 Å². The number of piperidine rings is 2. The van der Waals surface area contributed by atoms with Gasteiger partial charge in [-0.15, -0.1) is 0 Å². The molecule has 2 fully saturated rings. The Hall–Kier alpha value is -2.89. The van der Waals surface area contributed by atoms with Gasteiger partial charge in [0.25, 0.3) is 0 Å². The number of hydrogen-bond acceptors (Lipinski definition) is 5. The molecule has 7 nitrogen and oxygen atoms in total. The van der Waals surface area contributed by atoms with Crippen LogP contribution in [0.2, 0.25) is 0 Å². The summed E-state index contributed by atoms with van der Waals surface area (Å²) in [4.78, 5) is 17.4. The molecule has 0 atom stereocenters. The van der Waals surface area contributed by atoms with E-state index in [-0.39, 0.29) is 16.7 Å². The number of anilines is 1.